The minimum absolute atomic E-state index is 0.301. The molecule has 0 amide bonds. The van der Waals surface area contributed by atoms with E-state index in [2.05, 4.69) is 9.97 Å². The van der Waals surface area contributed by atoms with Crippen LogP contribution in [-0.4, -0.2) is 24.2 Å². The molecular weight excluding hydrogens is 212 g/mol. The van der Waals surface area contributed by atoms with E-state index in [0.717, 1.165) is 0 Å². The molecule has 2 aromatic heterocycles. The molecule has 2 rings (SSSR count). The zero-order valence-electron chi connectivity index (χ0n) is 8.79. The van der Waals surface area contributed by atoms with Crippen molar-refractivity contribution in [1.82, 2.24) is 9.97 Å². The van der Waals surface area contributed by atoms with Crippen LogP contribution in [0.3, 0.4) is 0 Å². The lowest BCUT2D eigenvalue weighted by molar-refractivity contribution is 0.412. The summed E-state index contributed by atoms with van der Waals surface area (Å²) in [6, 6.07) is 2.52. The molecule has 16 heavy (non-hydrogen) atoms. The van der Waals surface area contributed by atoms with Crippen molar-refractivity contribution < 1.29 is 9.47 Å². The van der Waals surface area contributed by atoms with Gasteiger partial charge < -0.3 is 19.4 Å². The summed E-state index contributed by atoms with van der Waals surface area (Å²) >= 11 is 0. The normalized spacial score (nSPS) is 10.4. The van der Waals surface area contributed by atoms with Crippen molar-refractivity contribution in [2.75, 3.05) is 14.2 Å². The van der Waals surface area contributed by atoms with Crippen molar-refractivity contribution in [3.8, 4) is 11.5 Å². The summed E-state index contributed by atoms with van der Waals surface area (Å²) in [5.74, 6) is 0.601. The van der Waals surface area contributed by atoms with Gasteiger partial charge in [0.1, 0.15) is 22.5 Å². The van der Waals surface area contributed by atoms with Crippen molar-refractivity contribution in [2.24, 2.45) is 0 Å². The fourth-order valence-electron chi connectivity index (χ4n) is 1.52. The van der Waals surface area contributed by atoms with E-state index >= 15 is 0 Å². The Kier molecular flexibility index (Phi) is 2.40. The maximum Gasteiger partial charge on any atom is 0.252 e. The summed E-state index contributed by atoms with van der Waals surface area (Å²) in [5, 5.41) is 0. The van der Waals surface area contributed by atoms with Gasteiger partial charge in [-0.15, -0.1) is 0 Å². The van der Waals surface area contributed by atoms with Gasteiger partial charge >= 0.3 is 0 Å². The minimum Gasteiger partial charge on any atom is -0.494 e. The first-order chi connectivity index (χ1) is 7.65. The molecule has 0 radical (unpaired) electrons. The molecule has 6 heteroatoms. The number of aromatic amines is 2. The molecule has 0 spiro atoms. The Bertz CT molecular complexity index is 584. The molecule has 0 bridgehead atoms. The van der Waals surface area contributed by atoms with Crippen molar-refractivity contribution in [3.63, 3.8) is 0 Å². The van der Waals surface area contributed by atoms with Crippen molar-refractivity contribution in [1.29, 1.82) is 0 Å². The highest BCUT2D eigenvalue weighted by Gasteiger charge is 2.09. The third kappa shape index (κ3) is 1.54. The predicted molar refractivity (Wildman–Crippen MR) is 58.3 cm³/mol. The van der Waals surface area contributed by atoms with E-state index in [1.54, 1.807) is 0 Å². The minimum atomic E-state index is -0.324. The zero-order valence-corrected chi connectivity index (χ0v) is 8.79. The highest BCUT2D eigenvalue weighted by molar-refractivity contribution is 5.85. The van der Waals surface area contributed by atoms with Crippen LogP contribution in [0, 0.1) is 0 Å². The van der Waals surface area contributed by atoms with Crippen LogP contribution in [0.5, 0.6) is 11.5 Å². The second-order valence-electron chi connectivity index (χ2n) is 3.15. The van der Waals surface area contributed by atoms with Gasteiger partial charge in [0.15, 0.2) is 0 Å². The molecule has 2 heterocycles. The number of fused-ring (bicyclic) bond motifs is 1. The quantitative estimate of drug-likeness (QED) is 0.762. The van der Waals surface area contributed by atoms with E-state index in [1.165, 1.54) is 26.4 Å². The number of hydrogen-bond acceptors (Lipinski definition) is 4. The van der Waals surface area contributed by atoms with Gasteiger partial charge in [-0.25, -0.2) is 0 Å². The molecule has 2 aromatic rings. The molecule has 84 valence electrons. The van der Waals surface area contributed by atoms with Crippen LogP contribution in [0.2, 0.25) is 0 Å². The van der Waals surface area contributed by atoms with Gasteiger partial charge in [-0.3, -0.25) is 9.59 Å². The van der Waals surface area contributed by atoms with E-state index in [-0.39, 0.29) is 11.1 Å². The summed E-state index contributed by atoms with van der Waals surface area (Å²) < 4.78 is 10.0. The number of aromatic nitrogens is 2. The molecule has 0 saturated heterocycles. The lowest BCUT2D eigenvalue weighted by Crippen LogP contribution is -2.12. The third-order valence-electron chi connectivity index (χ3n) is 2.20. The summed E-state index contributed by atoms with van der Waals surface area (Å²) in [7, 11) is 2.85. The predicted octanol–water partition coefficient (Wildman–Crippen LogP) is 0.234. The molecule has 6 nitrogen and oxygen atoms in total. The number of hydrogen-bond donors (Lipinski definition) is 2. The SMILES string of the molecule is COc1cc(=O)[nH]c2c(OC)cc(=O)[nH]c12. The lowest BCUT2D eigenvalue weighted by atomic mass is 10.3. The number of ether oxygens (including phenoxy) is 2. The average Bonchev–Trinajstić information content (AvgIpc) is 2.27. The smallest absolute Gasteiger partial charge is 0.252 e. The molecule has 0 fully saturated rings. The summed E-state index contributed by atoms with van der Waals surface area (Å²) in [5.41, 5.74) is 0.169. The molecule has 0 aliphatic carbocycles. The molecular formula is C10H10N2O4. The Morgan fingerprint density at radius 2 is 1.25 bits per heavy atom. The number of nitrogens with one attached hydrogen (secondary N) is 2. The number of pyridine rings is 2. The largest absolute Gasteiger partial charge is 0.494 e. The van der Waals surface area contributed by atoms with Crippen LogP contribution < -0.4 is 20.6 Å². The third-order valence-corrected chi connectivity index (χ3v) is 2.20. The molecule has 2 N–H and O–H groups in total. The molecule has 0 aliphatic rings. The highest BCUT2D eigenvalue weighted by Crippen LogP contribution is 2.24. The van der Waals surface area contributed by atoms with E-state index in [0.29, 0.717) is 22.5 Å². The van der Waals surface area contributed by atoms with Gasteiger partial charge in [0.2, 0.25) is 0 Å². The van der Waals surface area contributed by atoms with Gasteiger partial charge in [-0.05, 0) is 0 Å². The van der Waals surface area contributed by atoms with Gasteiger partial charge in [-0.1, -0.05) is 0 Å². The second kappa shape index (κ2) is 3.73. The van der Waals surface area contributed by atoms with Crippen LogP contribution in [0.1, 0.15) is 0 Å². The maximum atomic E-state index is 11.3. The number of methoxy groups -OCH3 is 2. The fourth-order valence-corrected chi connectivity index (χ4v) is 1.52. The Hall–Kier alpha value is -2.24. The summed E-state index contributed by atoms with van der Waals surface area (Å²) in [6.07, 6.45) is 0. The van der Waals surface area contributed by atoms with Gasteiger partial charge in [0.05, 0.1) is 14.2 Å². The van der Waals surface area contributed by atoms with Gasteiger partial charge in [0, 0.05) is 12.1 Å². The maximum absolute atomic E-state index is 11.3. The first kappa shape index (κ1) is 10.3. The molecule has 0 aliphatic heterocycles. The first-order valence-electron chi connectivity index (χ1n) is 4.54. The standard InChI is InChI=1S/C10H10N2O4/c1-15-5-3-7(13)12-10-6(16-2)4-8(14)11-9(5)10/h3-4H,1-2H3,(H,11,14)(H,12,13). The number of H-pyrrole nitrogens is 2. The van der Waals surface area contributed by atoms with Crippen LogP contribution in [-0.2, 0) is 0 Å². The Labute approximate surface area is 89.8 Å². The van der Waals surface area contributed by atoms with Crippen molar-refractivity contribution in [3.05, 3.63) is 32.8 Å². The van der Waals surface area contributed by atoms with Crippen LogP contribution in [0.15, 0.2) is 21.7 Å². The van der Waals surface area contributed by atoms with E-state index in [1.807, 2.05) is 0 Å². The van der Waals surface area contributed by atoms with Gasteiger partial charge in [0.25, 0.3) is 11.1 Å². The Balaban J connectivity index is 2.98. The first-order valence-corrected chi connectivity index (χ1v) is 4.54. The van der Waals surface area contributed by atoms with Crippen molar-refractivity contribution >= 4 is 11.0 Å². The molecule has 0 atom stereocenters. The topological polar surface area (TPSA) is 84.2 Å². The second-order valence-corrected chi connectivity index (χ2v) is 3.15. The van der Waals surface area contributed by atoms with Crippen LogP contribution in [0.25, 0.3) is 11.0 Å². The van der Waals surface area contributed by atoms with Crippen molar-refractivity contribution in [2.45, 2.75) is 0 Å². The van der Waals surface area contributed by atoms with Crippen LogP contribution >= 0.6 is 0 Å². The molecule has 0 aromatic carbocycles. The summed E-state index contributed by atoms with van der Waals surface area (Å²) in [6.45, 7) is 0. The van der Waals surface area contributed by atoms with E-state index < -0.39 is 0 Å². The van der Waals surface area contributed by atoms with E-state index in [9.17, 15) is 9.59 Å². The summed E-state index contributed by atoms with van der Waals surface area (Å²) in [4.78, 5) is 27.8. The van der Waals surface area contributed by atoms with Crippen LogP contribution in [0.4, 0.5) is 0 Å². The number of rotatable bonds is 2. The van der Waals surface area contributed by atoms with Gasteiger partial charge in [-0.2, -0.15) is 0 Å². The van der Waals surface area contributed by atoms with E-state index in [4.69, 9.17) is 9.47 Å². The average molecular weight is 222 g/mol. The highest BCUT2D eigenvalue weighted by atomic mass is 16.5. The monoisotopic (exact) mass is 222 g/mol. The molecule has 0 saturated carbocycles. The molecule has 0 unspecified atom stereocenters. The zero-order chi connectivity index (χ0) is 11.7. The Morgan fingerprint density at radius 1 is 0.875 bits per heavy atom. The fraction of sp³-hybridized carbons (Fsp3) is 0.200. The Morgan fingerprint density at radius 3 is 1.56 bits per heavy atom. The lowest BCUT2D eigenvalue weighted by Gasteiger charge is -2.07.